The molecule has 0 aliphatic rings. The van der Waals surface area contributed by atoms with Crippen molar-refractivity contribution in [2.75, 3.05) is 5.75 Å². The first kappa shape index (κ1) is 22.4. The molecule has 4 aromatic rings. The van der Waals surface area contributed by atoms with Crippen molar-refractivity contribution >= 4 is 57.6 Å². The summed E-state index contributed by atoms with van der Waals surface area (Å²) in [5.41, 5.74) is 6.87. The molecule has 8 heteroatoms. The lowest BCUT2D eigenvalue weighted by Gasteiger charge is -2.10. The van der Waals surface area contributed by atoms with Gasteiger partial charge in [0.1, 0.15) is 0 Å². The number of hydrogen-bond acceptors (Lipinski definition) is 4. The Morgan fingerprint density at radius 1 is 1.00 bits per heavy atom. The molecule has 0 aliphatic carbocycles. The molecule has 0 radical (unpaired) electrons. The van der Waals surface area contributed by atoms with E-state index in [1.165, 1.54) is 11.8 Å². The Balaban J connectivity index is 1.49. The van der Waals surface area contributed by atoms with E-state index in [9.17, 15) is 4.79 Å². The number of carbonyl (C=O) groups is 1. The lowest BCUT2D eigenvalue weighted by molar-refractivity contribution is -0.118. The van der Waals surface area contributed by atoms with Crippen LogP contribution in [0.25, 0.3) is 11.0 Å². The van der Waals surface area contributed by atoms with Gasteiger partial charge in [-0.3, -0.25) is 4.79 Å². The molecule has 1 heterocycles. The quantitative estimate of drug-likeness (QED) is 0.199. The van der Waals surface area contributed by atoms with E-state index < -0.39 is 0 Å². The molecule has 0 unspecified atom stereocenters. The van der Waals surface area contributed by atoms with E-state index in [-0.39, 0.29) is 11.7 Å². The predicted octanol–water partition coefficient (Wildman–Crippen LogP) is 6.02. The maximum Gasteiger partial charge on any atom is 0.250 e. The van der Waals surface area contributed by atoms with Crippen molar-refractivity contribution in [2.45, 2.75) is 18.6 Å². The van der Waals surface area contributed by atoms with Gasteiger partial charge in [-0.1, -0.05) is 83.5 Å². The first-order chi connectivity index (χ1) is 15.5. The number of hydrazone groups is 1. The topological polar surface area (TPSA) is 59.3 Å². The number of aromatic nitrogens is 2. The first-order valence-corrected chi connectivity index (χ1v) is 11.7. The van der Waals surface area contributed by atoms with E-state index in [1.54, 1.807) is 13.0 Å². The van der Waals surface area contributed by atoms with Crippen molar-refractivity contribution in [3.8, 4) is 0 Å². The largest absolute Gasteiger partial charge is 0.314 e. The highest BCUT2D eigenvalue weighted by Gasteiger charge is 2.14. The van der Waals surface area contributed by atoms with Crippen LogP contribution >= 0.6 is 35.0 Å². The number of amides is 1. The Bertz CT molecular complexity index is 1300. The number of para-hydroxylation sites is 2. The van der Waals surface area contributed by atoms with E-state index >= 15 is 0 Å². The van der Waals surface area contributed by atoms with Gasteiger partial charge in [-0.25, -0.2) is 10.4 Å². The minimum atomic E-state index is -0.224. The van der Waals surface area contributed by atoms with Gasteiger partial charge in [0.2, 0.25) is 0 Å². The molecule has 1 N–H and O–H groups in total. The Labute approximate surface area is 200 Å². The molecule has 0 spiro atoms. The number of imidazole rings is 1. The van der Waals surface area contributed by atoms with Gasteiger partial charge in [0.05, 0.1) is 29.0 Å². The molecule has 0 fully saturated rings. The zero-order valence-corrected chi connectivity index (χ0v) is 19.6. The summed E-state index contributed by atoms with van der Waals surface area (Å²) in [5.74, 6) is -0.0525. The lowest BCUT2D eigenvalue weighted by Crippen LogP contribution is -2.21. The Kier molecular flexibility index (Phi) is 7.15. The summed E-state index contributed by atoms with van der Waals surface area (Å²) < 4.78 is 2.08. The fraction of sp³-hybridized carbons (Fsp3) is 0.125. The highest BCUT2D eigenvalue weighted by molar-refractivity contribution is 7.99. The summed E-state index contributed by atoms with van der Waals surface area (Å²) in [6.45, 7) is 2.37. The number of hydrogen-bond donors (Lipinski definition) is 1. The molecule has 3 aromatic carbocycles. The Hall–Kier alpha value is -2.80. The number of nitrogens with one attached hydrogen (secondary N) is 1. The van der Waals surface area contributed by atoms with Gasteiger partial charge in [-0.05, 0) is 36.8 Å². The van der Waals surface area contributed by atoms with Gasteiger partial charge in [0.25, 0.3) is 5.91 Å². The number of halogens is 2. The van der Waals surface area contributed by atoms with Crippen LogP contribution in [0.2, 0.25) is 10.0 Å². The van der Waals surface area contributed by atoms with E-state index in [0.29, 0.717) is 22.3 Å². The van der Waals surface area contributed by atoms with Crippen LogP contribution < -0.4 is 5.43 Å². The minimum Gasteiger partial charge on any atom is -0.314 e. The van der Waals surface area contributed by atoms with Crippen molar-refractivity contribution < 1.29 is 4.79 Å². The molecule has 1 amide bonds. The van der Waals surface area contributed by atoms with Crippen LogP contribution in [0.1, 0.15) is 18.1 Å². The highest BCUT2D eigenvalue weighted by Crippen LogP contribution is 2.27. The van der Waals surface area contributed by atoms with Crippen LogP contribution in [0.3, 0.4) is 0 Å². The van der Waals surface area contributed by atoms with Crippen LogP contribution in [-0.4, -0.2) is 26.9 Å². The standard InChI is InChI=1S/C24H20Cl2N4OS/c1-16(18-9-3-5-11-20(18)26)28-29-23(31)15-32-24-27-21-12-6-7-13-22(21)30(24)14-17-8-2-4-10-19(17)25/h2-13H,14-15H2,1H3,(H,29,31)/b28-16-. The fourth-order valence-electron chi connectivity index (χ4n) is 3.24. The molecular formula is C24H20Cl2N4OS. The predicted molar refractivity (Wildman–Crippen MR) is 133 cm³/mol. The average Bonchev–Trinajstić information content (AvgIpc) is 3.15. The van der Waals surface area contributed by atoms with Crippen LogP contribution in [0, 0.1) is 0 Å². The summed E-state index contributed by atoms with van der Waals surface area (Å²) >= 11 is 13.9. The van der Waals surface area contributed by atoms with Gasteiger partial charge < -0.3 is 4.57 Å². The molecule has 1 aromatic heterocycles. The second kappa shape index (κ2) is 10.2. The van der Waals surface area contributed by atoms with Crippen molar-refractivity contribution in [3.63, 3.8) is 0 Å². The zero-order chi connectivity index (χ0) is 22.5. The molecule has 4 rings (SSSR count). The maximum atomic E-state index is 12.4. The van der Waals surface area contributed by atoms with Crippen LogP contribution in [-0.2, 0) is 11.3 Å². The molecule has 32 heavy (non-hydrogen) atoms. The Morgan fingerprint density at radius 3 is 2.47 bits per heavy atom. The summed E-state index contributed by atoms with van der Waals surface area (Å²) in [6, 6.07) is 23.0. The normalized spacial score (nSPS) is 11.7. The number of benzene rings is 3. The van der Waals surface area contributed by atoms with E-state index in [4.69, 9.17) is 28.2 Å². The third-order valence-corrected chi connectivity index (χ3v) is 6.52. The van der Waals surface area contributed by atoms with Gasteiger partial charge >= 0.3 is 0 Å². The molecule has 0 bridgehead atoms. The number of fused-ring (bicyclic) bond motifs is 1. The molecule has 0 atom stereocenters. The second-order valence-corrected chi connectivity index (χ2v) is 8.82. The summed E-state index contributed by atoms with van der Waals surface area (Å²) in [4.78, 5) is 17.2. The summed E-state index contributed by atoms with van der Waals surface area (Å²) in [5, 5.41) is 6.22. The van der Waals surface area contributed by atoms with Gasteiger partial charge in [0.15, 0.2) is 5.16 Å². The molecule has 162 valence electrons. The van der Waals surface area contributed by atoms with Gasteiger partial charge in [-0.15, -0.1) is 0 Å². The number of rotatable bonds is 7. The number of carbonyl (C=O) groups excluding carboxylic acids is 1. The minimum absolute atomic E-state index is 0.172. The molecule has 0 saturated heterocycles. The second-order valence-electron chi connectivity index (χ2n) is 7.06. The average molecular weight is 483 g/mol. The van der Waals surface area contributed by atoms with Gasteiger partial charge in [0, 0.05) is 15.6 Å². The number of thioether (sulfide) groups is 1. The third kappa shape index (κ3) is 5.15. The van der Waals surface area contributed by atoms with Gasteiger partial charge in [-0.2, -0.15) is 5.10 Å². The van der Waals surface area contributed by atoms with Crippen molar-refractivity contribution in [2.24, 2.45) is 5.10 Å². The van der Waals surface area contributed by atoms with Crippen LogP contribution in [0.4, 0.5) is 0 Å². The third-order valence-electron chi connectivity index (χ3n) is 4.85. The molecule has 0 aliphatic heterocycles. The van der Waals surface area contributed by atoms with E-state index in [1.807, 2.05) is 66.7 Å². The van der Waals surface area contributed by atoms with E-state index in [2.05, 4.69) is 15.1 Å². The zero-order valence-electron chi connectivity index (χ0n) is 17.3. The SMILES string of the molecule is C/C(=N/NC(=O)CSc1nc2ccccc2n1Cc1ccccc1Cl)c1ccccc1Cl. The highest BCUT2D eigenvalue weighted by atomic mass is 35.5. The first-order valence-electron chi connectivity index (χ1n) is 9.92. The van der Waals surface area contributed by atoms with Crippen LogP contribution in [0.5, 0.6) is 0 Å². The van der Waals surface area contributed by atoms with Crippen molar-refractivity contribution in [1.29, 1.82) is 0 Å². The van der Waals surface area contributed by atoms with Crippen LogP contribution in [0.15, 0.2) is 83.1 Å². The number of nitrogens with zero attached hydrogens (tertiary/aromatic N) is 3. The summed E-state index contributed by atoms with van der Waals surface area (Å²) in [6.07, 6.45) is 0. The summed E-state index contributed by atoms with van der Waals surface area (Å²) in [7, 11) is 0. The monoisotopic (exact) mass is 482 g/mol. The fourth-order valence-corrected chi connectivity index (χ4v) is 4.51. The van der Waals surface area contributed by atoms with Crippen molar-refractivity contribution in [1.82, 2.24) is 15.0 Å². The lowest BCUT2D eigenvalue weighted by atomic mass is 10.1. The molecule has 5 nitrogen and oxygen atoms in total. The maximum absolute atomic E-state index is 12.4. The Morgan fingerprint density at radius 2 is 1.69 bits per heavy atom. The van der Waals surface area contributed by atoms with E-state index in [0.717, 1.165) is 27.3 Å². The van der Waals surface area contributed by atoms with Crippen molar-refractivity contribution in [3.05, 3.63) is 94.0 Å². The molecule has 0 saturated carbocycles. The molecular weight excluding hydrogens is 463 g/mol. The smallest absolute Gasteiger partial charge is 0.250 e.